The number of rotatable bonds is 6. The predicted octanol–water partition coefficient (Wildman–Crippen LogP) is 2.45. The number of likely N-dealkylation sites (N-methyl/N-ethyl adjacent to an activating group) is 1. The first-order chi connectivity index (χ1) is 17.2. The van der Waals surface area contributed by atoms with Crippen molar-refractivity contribution in [3.8, 4) is 29.0 Å². The summed E-state index contributed by atoms with van der Waals surface area (Å²) in [7, 11) is 3.82. The number of piperazine rings is 1. The lowest BCUT2D eigenvalue weighted by molar-refractivity contribution is -0.140. The maximum atomic E-state index is 13.0. The third kappa shape index (κ3) is 6.65. The van der Waals surface area contributed by atoms with Crippen molar-refractivity contribution in [1.82, 2.24) is 29.5 Å². The summed E-state index contributed by atoms with van der Waals surface area (Å²) >= 11 is 0. The number of anilines is 1. The average Bonchev–Trinajstić information content (AvgIpc) is 3.49. The Labute approximate surface area is 206 Å². The smallest absolute Gasteiger partial charge is 0.432 e. The molecule has 36 heavy (non-hydrogen) atoms. The lowest BCUT2D eigenvalue weighted by atomic mass is 10.1. The molecular formula is C24H26F3N7O2. The highest BCUT2D eigenvalue weighted by Gasteiger charge is 2.33. The first kappa shape index (κ1) is 25.3. The van der Waals surface area contributed by atoms with Gasteiger partial charge >= 0.3 is 12.1 Å². The van der Waals surface area contributed by atoms with Crippen molar-refractivity contribution >= 4 is 11.6 Å². The number of alkyl halides is 3. The molecule has 0 bridgehead atoms. The molecule has 9 nitrogen and oxygen atoms in total. The molecule has 1 aliphatic heterocycles. The van der Waals surface area contributed by atoms with Gasteiger partial charge in [-0.2, -0.15) is 18.3 Å². The van der Waals surface area contributed by atoms with Gasteiger partial charge in [-0.05, 0) is 25.2 Å². The number of aromatic nitrogens is 4. The molecular weight excluding hydrogens is 475 g/mol. The number of H-pyrrole nitrogens is 1. The lowest BCUT2D eigenvalue weighted by Gasteiger charge is -2.32. The van der Waals surface area contributed by atoms with Gasteiger partial charge in [-0.1, -0.05) is 5.92 Å². The minimum Gasteiger partial charge on any atom is -0.490 e. The van der Waals surface area contributed by atoms with Crippen molar-refractivity contribution in [2.45, 2.75) is 6.18 Å². The number of hydrogen-bond donors (Lipinski definition) is 2. The molecule has 0 aliphatic carbocycles. The third-order valence-corrected chi connectivity index (χ3v) is 5.67. The molecule has 2 aromatic heterocycles. The van der Waals surface area contributed by atoms with Crippen LogP contribution in [-0.4, -0.2) is 81.8 Å². The summed E-state index contributed by atoms with van der Waals surface area (Å²) in [5.74, 6) is 5.01. The van der Waals surface area contributed by atoms with E-state index in [1.165, 1.54) is 12.3 Å². The van der Waals surface area contributed by atoms with Crippen molar-refractivity contribution < 1.29 is 22.7 Å². The van der Waals surface area contributed by atoms with Crippen LogP contribution >= 0.6 is 0 Å². The maximum Gasteiger partial charge on any atom is 0.432 e. The van der Waals surface area contributed by atoms with Crippen LogP contribution < -0.4 is 10.1 Å². The quantitative estimate of drug-likeness (QED) is 0.505. The van der Waals surface area contributed by atoms with Gasteiger partial charge in [-0.15, -0.1) is 0 Å². The van der Waals surface area contributed by atoms with E-state index in [4.69, 9.17) is 4.74 Å². The number of nitrogens with zero attached hydrogens (tertiary/aromatic N) is 5. The van der Waals surface area contributed by atoms with E-state index in [0.29, 0.717) is 30.0 Å². The zero-order valence-electron chi connectivity index (χ0n) is 19.9. The standard InChI is InChI=1S/C24H26F3N7O2/c1-32-7-9-34(10-8-32)11-12-36-20-5-4-18(23-28-15-21(31-23)24(25,26)27)13-19(20)30-22(35)6-3-17-14-29-33(2)16-17/h4-5,13-16H,7-12H2,1-2H3,(H,28,31)(H,30,35). The Kier molecular flexibility index (Phi) is 7.61. The van der Waals surface area contributed by atoms with E-state index in [1.807, 2.05) is 0 Å². The molecule has 4 rings (SSSR count). The lowest BCUT2D eigenvalue weighted by Crippen LogP contribution is -2.45. The second kappa shape index (κ2) is 10.8. The fourth-order valence-corrected chi connectivity index (χ4v) is 3.64. The summed E-state index contributed by atoms with van der Waals surface area (Å²) in [4.78, 5) is 23.2. The number of hydrogen-bond acceptors (Lipinski definition) is 6. The number of benzene rings is 1. The minimum atomic E-state index is -4.55. The van der Waals surface area contributed by atoms with Crippen LogP contribution in [0.1, 0.15) is 11.3 Å². The number of amides is 1. The van der Waals surface area contributed by atoms with Gasteiger partial charge in [0.25, 0.3) is 0 Å². The summed E-state index contributed by atoms with van der Waals surface area (Å²) in [6.45, 7) is 4.92. The molecule has 0 radical (unpaired) electrons. The zero-order valence-corrected chi connectivity index (χ0v) is 19.9. The highest BCUT2D eigenvalue weighted by Crippen LogP contribution is 2.32. The zero-order chi connectivity index (χ0) is 25.7. The maximum absolute atomic E-state index is 13.0. The van der Waals surface area contributed by atoms with Gasteiger partial charge < -0.3 is 19.9 Å². The number of nitrogens with one attached hydrogen (secondary N) is 2. The molecule has 1 aliphatic rings. The number of carbonyl (C=O) groups is 1. The van der Waals surface area contributed by atoms with Crippen molar-refractivity contribution in [2.24, 2.45) is 7.05 Å². The van der Waals surface area contributed by atoms with E-state index in [-0.39, 0.29) is 11.5 Å². The molecule has 12 heteroatoms. The summed E-state index contributed by atoms with van der Waals surface area (Å²) in [6, 6.07) is 4.69. The molecule has 0 saturated carbocycles. The van der Waals surface area contributed by atoms with Crippen LogP contribution in [0.25, 0.3) is 11.4 Å². The average molecular weight is 502 g/mol. The fourth-order valence-electron chi connectivity index (χ4n) is 3.64. The van der Waals surface area contributed by atoms with E-state index in [9.17, 15) is 18.0 Å². The molecule has 1 aromatic carbocycles. The minimum absolute atomic E-state index is 0.0169. The molecule has 1 saturated heterocycles. The second-order valence-corrected chi connectivity index (χ2v) is 8.45. The Bertz CT molecular complexity index is 1260. The fraction of sp³-hybridized carbons (Fsp3) is 0.375. The van der Waals surface area contributed by atoms with E-state index in [1.54, 1.807) is 30.1 Å². The van der Waals surface area contributed by atoms with Crippen LogP contribution in [0, 0.1) is 11.8 Å². The number of ether oxygens (including phenoxy) is 1. The SMILES string of the molecule is CN1CCN(CCOc2ccc(-c3ncc(C(F)(F)F)[nH]3)cc2NC(=O)C#Cc2cnn(C)c2)CC1. The first-order valence-corrected chi connectivity index (χ1v) is 11.3. The summed E-state index contributed by atoms with van der Waals surface area (Å²) in [5, 5.41) is 6.68. The Balaban J connectivity index is 1.51. The molecule has 2 N–H and O–H groups in total. The van der Waals surface area contributed by atoms with Crippen LogP contribution in [0.15, 0.2) is 36.8 Å². The van der Waals surface area contributed by atoms with Crippen LogP contribution in [0.4, 0.5) is 18.9 Å². The Morgan fingerprint density at radius 3 is 2.64 bits per heavy atom. The van der Waals surface area contributed by atoms with Crippen LogP contribution in [0.2, 0.25) is 0 Å². The van der Waals surface area contributed by atoms with Gasteiger partial charge in [0.1, 0.15) is 23.9 Å². The Hall–Kier alpha value is -3.82. The molecule has 190 valence electrons. The molecule has 0 unspecified atom stereocenters. The van der Waals surface area contributed by atoms with Gasteiger partial charge in [0.2, 0.25) is 0 Å². The second-order valence-electron chi connectivity index (χ2n) is 8.45. The molecule has 1 amide bonds. The van der Waals surface area contributed by atoms with E-state index >= 15 is 0 Å². The van der Waals surface area contributed by atoms with Crippen LogP contribution in [0.3, 0.4) is 0 Å². The number of aromatic amines is 1. The molecule has 1 fully saturated rings. The molecule has 0 atom stereocenters. The molecule has 3 heterocycles. The first-order valence-electron chi connectivity index (χ1n) is 11.3. The highest BCUT2D eigenvalue weighted by molar-refractivity contribution is 6.05. The number of imidazole rings is 1. The largest absolute Gasteiger partial charge is 0.490 e. The Morgan fingerprint density at radius 1 is 1.19 bits per heavy atom. The van der Waals surface area contributed by atoms with Crippen molar-refractivity contribution in [3.05, 3.63) is 48.0 Å². The van der Waals surface area contributed by atoms with Crippen molar-refractivity contribution in [3.63, 3.8) is 0 Å². The van der Waals surface area contributed by atoms with Gasteiger partial charge in [-0.25, -0.2) is 4.98 Å². The van der Waals surface area contributed by atoms with E-state index in [0.717, 1.165) is 32.4 Å². The molecule has 3 aromatic rings. The number of halogens is 3. The van der Waals surface area contributed by atoms with Crippen molar-refractivity contribution in [2.75, 3.05) is 51.7 Å². The highest BCUT2D eigenvalue weighted by atomic mass is 19.4. The van der Waals surface area contributed by atoms with Gasteiger partial charge in [0, 0.05) is 57.5 Å². The normalized spacial score (nSPS) is 14.8. The van der Waals surface area contributed by atoms with Crippen LogP contribution in [-0.2, 0) is 18.0 Å². The number of carbonyl (C=O) groups excluding carboxylic acids is 1. The van der Waals surface area contributed by atoms with E-state index in [2.05, 4.69) is 49.1 Å². The van der Waals surface area contributed by atoms with Crippen molar-refractivity contribution in [1.29, 1.82) is 0 Å². The summed E-state index contributed by atoms with van der Waals surface area (Å²) in [6.07, 6.45) is -0.615. The molecule has 0 spiro atoms. The van der Waals surface area contributed by atoms with Gasteiger partial charge in [0.15, 0.2) is 0 Å². The summed E-state index contributed by atoms with van der Waals surface area (Å²) in [5.41, 5.74) is 0.243. The number of aryl methyl sites for hydroxylation is 1. The van der Waals surface area contributed by atoms with Gasteiger partial charge in [0.05, 0.1) is 23.6 Å². The van der Waals surface area contributed by atoms with Gasteiger partial charge in [-0.3, -0.25) is 14.4 Å². The van der Waals surface area contributed by atoms with E-state index < -0.39 is 17.8 Å². The third-order valence-electron chi connectivity index (χ3n) is 5.67. The summed E-state index contributed by atoms with van der Waals surface area (Å²) < 4.78 is 46.5. The topological polar surface area (TPSA) is 91.3 Å². The van der Waals surface area contributed by atoms with Crippen LogP contribution in [0.5, 0.6) is 5.75 Å². The Morgan fingerprint density at radius 2 is 1.97 bits per heavy atom. The monoisotopic (exact) mass is 501 g/mol. The predicted molar refractivity (Wildman–Crippen MR) is 127 cm³/mol.